The van der Waals surface area contributed by atoms with Gasteiger partial charge in [-0.2, -0.15) is 0 Å². The van der Waals surface area contributed by atoms with E-state index in [2.05, 4.69) is 77.4 Å². The van der Waals surface area contributed by atoms with Gasteiger partial charge in [-0.05, 0) is 42.5 Å². The second kappa shape index (κ2) is 10.9. The topological polar surface area (TPSA) is 56.7 Å². The number of aromatic nitrogens is 4. The summed E-state index contributed by atoms with van der Waals surface area (Å²) < 4.78 is 53.7. The third-order valence-corrected chi connectivity index (χ3v) is 10.8. The van der Waals surface area contributed by atoms with Gasteiger partial charge in [0.25, 0.3) is 0 Å². The van der Waals surface area contributed by atoms with Crippen molar-refractivity contribution < 1.29 is 11.3 Å². The Morgan fingerprint density at radius 2 is 1.18 bits per heavy atom. The monoisotopic (exact) mass is 675 g/mol. The first-order valence-corrected chi connectivity index (χ1v) is 17.4. The molecule has 5 nitrogen and oxygen atoms in total. The van der Waals surface area contributed by atoms with Crippen LogP contribution in [0.1, 0.15) is 6.85 Å². The van der Waals surface area contributed by atoms with E-state index in [1.807, 2.05) is 54.6 Å². The van der Waals surface area contributed by atoms with E-state index in [1.54, 1.807) is 11.3 Å². The Balaban J connectivity index is 1.17. The van der Waals surface area contributed by atoms with Crippen molar-refractivity contribution in [1.29, 1.82) is 0 Å². The van der Waals surface area contributed by atoms with E-state index in [1.165, 1.54) is 10.8 Å². The molecule has 11 aromatic rings. The molecule has 0 saturated heterocycles. The maximum Gasteiger partial charge on any atom is 0.165 e. The number of nitrogens with zero attached hydrogens (tertiary/aromatic N) is 4. The minimum Gasteiger partial charge on any atom is -0.456 e. The predicted octanol–water partition coefficient (Wildman–Crippen LogP) is 12.2. The molecule has 0 bridgehead atoms. The van der Waals surface area contributed by atoms with Gasteiger partial charge >= 0.3 is 0 Å². The summed E-state index contributed by atoms with van der Waals surface area (Å²) in [6, 6.07) is 40.7. The molecule has 238 valence electrons. The number of hydrogen-bond acceptors (Lipinski definition) is 5. The Hall–Kier alpha value is -6.63. The maximum absolute atomic E-state index is 8.83. The van der Waals surface area contributed by atoms with Crippen LogP contribution in [0.25, 0.3) is 104 Å². The number of rotatable bonds is 4. The van der Waals surface area contributed by atoms with Crippen molar-refractivity contribution in [3.8, 4) is 39.9 Å². The van der Waals surface area contributed by atoms with Crippen molar-refractivity contribution in [2.45, 2.75) is 0 Å². The van der Waals surface area contributed by atoms with E-state index in [0.29, 0.717) is 22.6 Å². The minimum absolute atomic E-state index is 0.0152. The van der Waals surface area contributed by atoms with Gasteiger partial charge in [-0.1, -0.05) is 109 Å². The highest BCUT2D eigenvalue weighted by molar-refractivity contribution is 7.26. The first-order chi connectivity index (χ1) is 27.4. The maximum atomic E-state index is 8.83. The van der Waals surface area contributed by atoms with Gasteiger partial charge in [0.15, 0.2) is 17.5 Å². The van der Waals surface area contributed by atoms with E-state index < -0.39 is 18.1 Å². The standard InChI is InChI=1S/C45H26N4OS/c1-2-12-27(13-3-1)43-46-44(48-45(47-43)35-19-10-17-32-31-16-6-9-23-40(31)51-42(32)35)34-18-11-22-38-41(34)33-25-24-28(26-39(33)50-38)49-36-20-7-4-14-29(36)30-15-5-8-21-37(30)49/h1-26H/i1D,2D,3D,12D,13D. The molecule has 0 unspecified atom stereocenters. The second-order valence-corrected chi connectivity index (χ2v) is 13.5. The Morgan fingerprint density at radius 1 is 0.529 bits per heavy atom. The summed E-state index contributed by atoms with van der Waals surface area (Å²) in [7, 11) is 0. The Labute approximate surface area is 302 Å². The minimum atomic E-state index is -0.483. The van der Waals surface area contributed by atoms with E-state index >= 15 is 0 Å². The smallest absolute Gasteiger partial charge is 0.165 e. The van der Waals surface area contributed by atoms with E-state index in [0.717, 1.165) is 53.2 Å². The Bertz CT molecular complexity index is 3380. The lowest BCUT2D eigenvalue weighted by molar-refractivity contribution is 0.668. The van der Waals surface area contributed by atoms with Crippen molar-refractivity contribution in [3.63, 3.8) is 0 Å². The van der Waals surface area contributed by atoms with Crippen LogP contribution in [-0.4, -0.2) is 19.5 Å². The molecule has 4 heterocycles. The predicted molar refractivity (Wildman–Crippen MR) is 211 cm³/mol. The molecule has 4 aromatic heterocycles. The highest BCUT2D eigenvalue weighted by atomic mass is 32.1. The summed E-state index contributed by atoms with van der Waals surface area (Å²) in [6.07, 6.45) is 0. The quantitative estimate of drug-likeness (QED) is 0.186. The van der Waals surface area contributed by atoms with Crippen LogP contribution in [0.5, 0.6) is 0 Å². The molecule has 0 spiro atoms. The first-order valence-electron chi connectivity index (χ1n) is 19.0. The molecule has 0 fully saturated rings. The summed E-state index contributed by atoms with van der Waals surface area (Å²) in [5.41, 5.74) is 5.78. The molecule has 0 amide bonds. The number of hydrogen-bond donors (Lipinski definition) is 0. The lowest BCUT2D eigenvalue weighted by Gasteiger charge is -2.10. The fraction of sp³-hybridized carbons (Fsp3) is 0. The van der Waals surface area contributed by atoms with Crippen molar-refractivity contribution in [2.24, 2.45) is 0 Å². The number of benzene rings is 7. The summed E-state index contributed by atoms with van der Waals surface area (Å²) >= 11 is 1.63. The van der Waals surface area contributed by atoms with E-state index in [4.69, 9.17) is 26.2 Å². The first kappa shape index (κ1) is 23.7. The van der Waals surface area contributed by atoms with Gasteiger partial charge in [0.2, 0.25) is 0 Å². The molecular formula is C45H26N4OS. The zero-order chi connectivity index (χ0) is 37.8. The third kappa shape index (κ3) is 4.30. The van der Waals surface area contributed by atoms with Crippen molar-refractivity contribution in [2.75, 3.05) is 0 Å². The van der Waals surface area contributed by atoms with Gasteiger partial charge in [-0.15, -0.1) is 11.3 Å². The van der Waals surface area contributed by atoms with Gasteiger partial charge in [-0.25, -0.2) is 15.0 Å². The van der Waals surface area contributed by atoms with Crippen LogP contribution >= 0.6 is 11.3 Å². The highest BCUT2D eigenvalue weighted by Gasteiger charge is 2.20. The van der Waals surface area contributed by atoms with Gasteiger partial charge in [0, 0.05) is 70.2 Å². The molecule has 0 aliphatic heterocycles. The summed E-state index contributed by atoms with van der Waals surface area (Å²) in [5.74, 6) is 0.598. The normalized spacial score (nSPS) is 13.3. The summed E-state index contributed by atoms with van der Waals surface area (Å²) in [5, 5.41) is 6.16. The zero-order valence-corrected chi connectivity index (χ0v) is 27.5. The molecular weight excluding hydrogens is 645 g/mol. The van der Waals surface area contributed by atoms with Crippen LogP contribution < -0.4 is 0 Å². The van der Waals surface area contributed by atoms with Crippen molar-refractivity contribution >= 4 is 75.3 Å². The molecule has 0 saturated carbocycles. The lowest BCUT2D eigenvalue weighted by Crippen LogP contribution is -2.00. The van der Waals surface area contributed by atoms with Gasteiger partial charge < -0.3 is 8.98 Å². The van der Waals surface area contributed by atoms with Gasteiger partial charge in [0.1, 0.15) is 11.2 Å². The molecule has 6 heteroatoms. The Kier molecular flexibility index (Phi) is 5.08. The SMILES string of the molecule is [2H]c1c([2H])c([2H])c(-c2nc(-c3cccc4c3sc3ccccc34)nc(-c3cccc4oc5cc(-n6c7ccccc7c7ccccc76)ccc5c34)n2)c([2H])c1[2H]. The third-order valence-electron chi connectivity index (χ3n) is 9.56. The van der Waals surface area contributed by atoms with Gasteiger partial charge in [0.05, 0.1) is 17.9 Å². The second-order valence-electron chi connectivity index (χ2n) is 12.4. The van der Waals surface area contributed by atoms with Crippen molar-refractivity contribution in [1.82, 2.24) is 19.5 Å². The lowest BCUT2D eigenvalue weighted by atomic mass is 10.0. The average molecular weight is 676 g/mol. The molecule has 0 radical (unpaired) electrons. The largest absolute Gasteiger partial charge is 0.456 e. The van der Waals surface area contributed by atoms with Crippen LogP contribution in [0.4, 0.5) is 0 Å². The summed E-state index contributed by atoms with van der Waals surface area (Å²) in [6.45, 7) is 0. The zero-order valence-electron chi connectivity index (χ0n) is 31.7. The van der Waals surface area contributed by atoms with Gasteiger partial charge in [-0.3, -0.25) is 0 Å². The van der Waals surface area contributed by atoms with Crippen LogP contribution in [0, 0.1) is 0 Å². The molecule has 11 rings (SSSR count). The number of furan rings is 1. The van der Waals surface area contributed by atoms with Crippen LogP contribution in [0.2, 0.25) is 0 Å². The molecule has 51 heavy (non-hydrogen) atoms. The molecule has 0 N–H and O–H groups in total. The fourth-order valence-corrected chi connectivity index (χ4v) is 8.57. The van der Waals surface area contributed by atoms with E-state index in [9.17, 15) is 0 Å². The highest BCUT2D eigenvalue weighted by Crippen LogP contribution is 2.41. The molecule has 0 atom stereocenters. The number of thiophene rings is 1. The molecule has 7 aromatic carbocycles. The van der Waals surface area contributed by atoms with Crippen molar-refractivity contribution in [3.05, 3.63) is 158 Å². The number of para-hydroxylation sites is 2. The Morgan fingerprint density at radius 3 is 1.98 bits per heavy atom. The van der Waals surface area contributed by atoms with Crippen LogP contribution in [0.3, 0.4) is 0 Å². The fourth-order valence-electron chi connectivity index (χ4n) is 7.35. The van der Waals surface area contributed by atoms with E-state index in [-0.39, 0.29) is 29.3 Å². The van der Waals surface area contributed by atoms with Crippen LogP contribution in [-0.2, 0) is 0 Å². The average Bonchev–Trinajstić information content (AvgIpc) is 3.91. The molecule has 0 aliphatic carbocycles. The molecule has 0 aliphatic rings. The number of fused-ring (bicyclic) bond motifs is 9. The summed E-state index contributed by atoms with van der Waals surface area (Å²) in [4.78, 5) is 14.8. The van der Waals surface area contributed by atoms with Crippen LogP contribution in [0.15, 0.2) is 162 Å².